The quantitative estimate of drug-likeness (QED) is 0.310. The number of rotatable bonds is 3. The second kappa shape index (κ2) is 7.30. The predicted molar refractivity (Wildman–Crippen MR) is 132 cm³/mol. The highest BCUT2D eigenvalue weighted by molar-refractivity contribution is 6.08. The third-order valence-corrected chi connectivity index (χ3v) is 5.99. The first kappa shape index (κ1) is 17.7. The molecule has 0 fully saturated rings. The van der Waals surface area contributed by atoms with Crippen molar-refractivity contribution in [1.29, 1.82) is 0 Å². The summed E-state index contributed by atoms with van der Waals surface area (Å²) in [5.41, 5.74) is 9.74. The average Bonchev–Trinajstić information content (AvgIpc) is 3.23. The lowest BCUT2D eigenvalue weighted by Gasteiger charge is -2.11. The van der Waals surface area contributed by atoms with Gasteiger partial charge in [0, 0.05) is 21.8 Å². The molecule has 0 unspecified atom stereocenters. The summed E-state index contributed by atoms with van der Waals surface area (Å²) in [6.45, 7) is 0. The van der Waals surface area contributed by atoms with Gasteiger partial charge in [0.05, 0.1) is 0 Å². The van der Waals surface area contributed by atoms with Crippen LogP contribution in [0, 0.1) is 0 Å². The van der Waals surface area contributed by atoms with Crippen LogP contribution in [0.2, 0.25) is 0 Å². The Morgan fingerprint density at radius 3 is 1.48 bits per heavy atom. The van der Waals surface area contributed by atoms with Crippen LogP contribution in [0.15, 0.2) is 121 Å². The van der Waals surface area contributed by atoms with E-state index in [1.165, 1.54) is 55.2 Å². The van der Waals surface area contributed by atoms with Gasteiger partial charge in [-0.25, -0.2) is 0 Å². The number of nitrogens with one attached hydrogen (secondary N) is 1. The fourth-order valence-electron chi connectivity index (χ4n) is 4.42. The van der Waals surface area contributed by atoms with E-state index < -0.39 is 0 Å². The Kier molecular flexibility index (Phi) is 4.18. The van der Waals surface area contributed by atoms with Crippen LogP contribution < -0.4 is 0 Å². The zero-order chi connectivity index (χ0) is 20.6. The van der Waals surface area contributed by atoms with Gasteiger partial charge in [-0.1, -0.05) is 84.9 Å². The Balaban J connectivity index is 1.58. The minimum absolute atomic E-state index is 1.17. The van der Waals surface area contributed by atoms with Crippen molar-refractivity contribution in [2.24, 2.45) is 0 Å². The molecule has 0 saturated heterocycles. The molecule has 0 aliphatic rings. The van der Waals surface area contributed by atoms with Crippen LogP contribution in [0.4, 0.5) is 0 Å². The number of hydrogen-bond donors (Lipinski definition) is 1. The van der Waals surface area contributed by atoms with Gasteiger partial charge in [0.2, 0.25) is 0 Å². The molecule has 0 aliphatic heterocycles. The van der Waals surface area contributed by atoms with Crippen molar-refractivity contribution in [3.8, 4) is 33.4 Å². The number of hydrogen-bond acceptors (Lipinski definition) is 0. The normalized spacial score (nSPS) is 11.2. The first-order valence-corrected chi connectivity index (χ1v) is 10.6. The molecule has 0 aliphatic carbocycles. The summed E-state index contributed by atoms with van der Waals surface area (Å²) in [6.07, 6.45) is 0. The zero-order valence-corrected chi connectivity index (χ0v) is 17.0. The van der Waals surface area contributed by atoms with Crippen LogP contribution in [0.25, 0.3) is 55.2 Å². The standard InChI is InChI=1S/C30H21N/c1-3-9-21(10-4-1)24-17-25(22-11-5-2-6-12-22)19-26(18-24)23-15-16-30-28(20-23)27-13-7-8-14-29(27)31-30/h1-20,31H. The largest absolute Gasteiger partial charge is 0.355 e. The molecule has 1 aromatic heterocycles. The average molecular weight is 396 g/mol. The molecule has 0 atom stereocenters. The monoisotopic (exact) mass is 395 g/mol. The number of H-pyrrole nitrogens is 1. The summed E-state index contributed by atoms with van der Waals surface area (Å²) >= 11 is 0. The molecule has 146 valence electrons. The molecule has 1 heterocycles. The second-order valence-corrected chi connectivity index (χ2v) is 7.96. The molecule has 0 saturated carbocycles. The Hall–Kier alpha value is -4.10. The van der Waals surface area contributed by atoms with E-state index in [2.05, 4.69) is 126 Å². The second-order valence-electron chi connectivity index (χ2n) is 7.96. The predicted octanol–water partition coefficient (Wildman–Crippen LogP) is 8.32. The maximum absolute atomic E-state index is 3.53. The molecule has 1 heteroatoms. The fourth-order valence-corrected chi connectivity index (χ4v) is 4.42. The van der Waals surface area contributed by atoms with E-state index in [-0.39, 0.29) is 0 Å². The highest BCUT2D eigenvalue weighted by atomic mass is 14.7. The van der Waals surface area contributed by atoms with Gasteiger partial charge in [0.15, 0.2) is 0 Å². The molecule has 5 aromatic carbocycles. The van der Waals surface area contributed by atoms with Crippen LogP contribution >= 0.6 is 0 Å². The van der Waals surface area contributed by atoms with Gasteiger partial charge in [0.25, 0.3) is 0 Å². The van der Waals surface area contributed by atoms with Crippen LogP contribution in [-0.4, -0.2) is 4.98 Å². The first-order valence-electron chi connectivity index (χ1n) is 10.6. The van der Waals surface area contributed by atoms with Crippen LogP contribution in [0.1, 0.15) is 0 Å². The summed E-state index contributed by atoms with van der Waals surface area (Å²) < 4.78 is 0. The minimum Gasteiger partial charge on any atom is -0.355 e. The van der Waals surface area contributed by atoms with Crippen LogP contribution in [-0.2, 0) is 0 Å². The van der Waals surface area contributed by atoms with Gasteiger partial charge in [-0.2, -0.15) is 0 Å². The molecule has 0 spiro atoms. The van der Waals surface area contributed by atoms with Gasteiger partial charge < -0.3 is 4.98 Å². The molecular weight excluding hydrogens is 374 g/mol. The minimum atomic E-state index is 1.17. The topological polar surface area (TPSA) is 15.8 Å². The number of fused-ring (bicyclic) bond motifs is 3. The van der Waals surface area contributed by atoms with Gasteiger partial charge in [-0.05, 0) is 69.8 Å². The SMILES string of the molecule is c1ccc(-c2cc(-c3ccccc3)cc(-c3ccc4[nH]c5ccccc5c4c3)c2)cc1. The molecule has 0 bridgehead atoms. The molecule has 1 nitrogen and oxygen atoms in total. The fraction of sp³-hybridized carbons (Fsp3) is 0. The highest BCUT2D eigenvalue weighted by Crippen LogP contribution is 2.35. The number of aromatic nitrogens is 1. The lowest BCUT2D eigenvalue weighted by atomic mass is 9.93. The maximum atomic E-state index is 3.53. The summed E-state index contributed by atoms with van der Waals surface area (Å²) in [5, 5.41) is 2.53. The Morgan fingerprint density at radius 2 is 0.839 bits per heavy atom. The van der Waals surface area contributed by atoms with E-state index in [4.69, 9.17) is 0 Å². The van der Waals surface area contributed by atoms with Crippen molar-refractivity contribution in [1.82, 2.24) is 4.98 Å². The van der Waals surface area contributed by atoms with Crippen molar-refractivity contribution in [2.45, 2.75) is 0 Å². The lowest BCUT2D eigenvalue weighted by Crippen LogP contribution is -1.86. The Morgan fingerprint density at radius 1 is 0.323 bits per heavy atom. The number of aromatic amines is 1. The third kappa shape index (κ3) is 3.21. The first-order chi connectivity index (χ1) is 15.3. The van der Waals surface area contributed by atoms with E-state index >= 15 is 0 Å². The molecule has 0 radical (unpaired) electrons. The van der Waals surface area contributed by atoms with E-state index in [9.17, 15) is 0 Å². The van der Waals surface area contributed by atoms with Crippen molar-refractivity contribution in [2.75, 3.05) is 0 Å². The van der Waals surface area contributed by atoms with Crippen molar-refractivity contribution in [3.63, 3.8) is 0 Å². The van der Waals surface area contributed by atoms with E-state index in [0.29, 0.717) is 0 Å². The van der Waals surface area contributed by atoms with E-state index in [0.717, 1.165) is 0 Å². The summed E-state index contributed by atoms with van der Waals surface area (Å²) in [7, 11) is 0. The molecule has 1 N–H and O–H groups in total. The van der Waals surface area contributed by atoms with Crippen molar-refractivity contribution in [3.05, 3.63) is 121 Å². The van der Waals surface area contributed by atoms with Gasteiger partial charge >= 0.3 is 0 Å². The molecule has 6 aromatic rings. The highest BCUT2D eigenvalue weighted by Gasteiger charge is 2.10. The molecule has 0 amide bonds. The molecule has 6 rings (SSSR count). The third-order valence-electron chi connectivity index (χ3n) is 5.99. The van der Waals surface area contributed by atoms with Crippen molar-refractivity contribution >= 4 is 21.8 Å². The Bertz CT molecular complexity index is 1450. The zero-order valence-electron chi connectivity index (χ0n) is 17.0. The van der Waals surface area contributed by atoms with Crippen molar-refractivity contribution < 1.29 is 0 Å². The summed E-state index contributed by atoms with van der Waals surface area (Å²) in [5.74, 6) is 0. The van der Waals surface area contributed by atoms with Crippen LogP contribution in [0.3, 0.4) is 0 Å². The lowest BCUT2D eigenvalue weighted by molar-refractivity contribution is 1.54. The smallest absolute Gasteiger partial charge is 0.0465 e. The summed E-state index contributed by atoms with van der Waals surface area (Å²) in [6, 6.07) is 43.4. The summed E-state index contributed by atoms with van der Waals surface area (Å²) in [4.78, 5) is 3.53. The van der Waals surface area contributed by atoms with Crippen LogP contribution in [0.5, 0.6) is 0 Å². The van der Waals surface area contributed by atoms with Gasteiger partial charge in [-0.3, -0.25) is 0 Å². The molecular formula is C30H21N. The number of para-hydroxylation sites is 1. The van der Waals surface area contributed by atoms with E-state index in [1.54, 1.807) is 0 Å². The van der Waals surface area contributed by atoms with Gasteiger partial charge in [0.1, 0.15) is 0 Å². The Labute approximate surface area is 181 Å². The van der Waals surface area contributed by atoms with E-state index in [1.807, 2.05) is 0 Å². The molecule has 31 heavy (non-hydrogen) atoms. The number of benzene rings is 5. The maximum Gasteiger partial charge on any atom is 0.0465 e. The van der Waals surface area contributed by atoms with Gasteiger partial charge in [-0.15, -0.1) is 0 Å².